The second-order valence-electron chi connectivity index (χ2n) is 7.01. The summed E-state index contributed by atoms with van der Waals surface area (Å²) in [6, 6.07) is 9.58. The second-order valence-corrected chi connectivity index (χ2v) is 7.01. The Morgan fingerprint density at radius 2 is 0.840 bits per heavy atom. The molecule has 0 N–H and O–H groups in total. The third kappa shape index (κ3) is 3.79. The molecule has 4 atom stereocenters. The number of aromatic nitrogens is 2. The van der Waals surface area contributed by atoms with E-state index in [1.54, 1.807) is 0 Å². The van der Waals surface area contributed by atoms with Gasteiger partial charge in [-0.3, -0.25) is 0 Å². The van der Waals surface area contributed by atoms with Gasteiger partial charge in [0.1, 0.15) is 0 Å². The summed E-state index contributed by atoms with van der Waals surface area (Å²) in [5, 5.41) is 9.81. The van der Waals surface area contributed by atoms with Crippen LogP contribution in [0.3, 0.4) is 0 Å². The Hall–Kier alpha value is -1.27. The van der Waals surface area contributed by atoms with Crippen molar-refractivity contribution in [1.82, 2.24) is 20.6 Å². The molecule has 0 fully saturated rings. The molecule has 25 heavy (non-hydrogen) atoms. The predicted octanol–water partition coefficient (Wildman–Crippen LogP) is 0.927. The summed E-state index contributed by atoms with van der Waals surface area (Å²) in [5.74, 6) is 0. The number of hydrogen-bond acceptors (Lipinski definition) is 0. The molecule has 4 nitrogen and oxygen atoms in total. The molecule has 0 amide bonds. The average molecular weight is 341 g/mol. The van der Waals surface area contributed by atoms with E-state index in [0.717, 1.165) is 48.5 Å². The van der Waals surface area contributed by atoms with E-state index >= 15 is 0 Å². The maximum Gasteiger partial charge on any atom is 2.00 e. The van der Waals surface area contributed by atoms with Gasteiger partial charge in [0, 0.05) is 24.2 Å². The van der Waals surface area contributed by atoms with E-state index in [0.29, 0.717) is 0 Å². The van der Waals surface area contributed by atoms with Crippen LogP contribution in [0, 0.1) is 0 Å². The molecule has 3 aliphatic heterocycles. The van der Waals surface area contributed by atoms with Crippen LogP contribution in [0.1, 0.15) is 22.8 Å². The average Bonchev–Trinajstić information content (AvgIpc) is 3.32. The van der Waals surface area contributed by atoms with Crippen LogP contribution in [0.5, 0.6) is 0 Å². The summed E-state index contributed by atoms with van der Waals surface area (Å²) in [6.45, 7) is 0. The molecule has 2 aromatic rings. The van der Waals surface area contributed by atoms with E-state index in [-0.39, 0.29) is 47.2 Å². The third-order valence-electron chi connectivity index (χ3n) is 5.06. The van der Waals surface area contributed by atoms with E-state index in [4.69, 9.17) is 20.6 Å². The molecule has 0 aliphatic carbocycles. The SMILES string of the molecule is C1=CC2Cc3ccc([n-]3)CC3C=CC(Cc4ccc([n-]4)CC1[N]2)[N]3.[Mg+2]. The van der Waals surface area contributed by atoms with Crippen molar-refractivity contribution in [2.75, 3.05) is 0 Å². The Kier molecular flexibility index (Phi) is 4.91. The molecule has 4 unspecified atom stereocenters. The first-order valence-electron chi connectivity index (χ1n) is 8.80. The van der Waals surface area contributed by atoms with Gasteiger partial charge >= 0.3 is 23.1 Å². The van der Waals surface area contributed by atoms with Gasteiger partial charge in [-0.1, -0.05) is 48.6 Å². The van der Waals surface area contributed by atoms with Gasteiger partial charge in [-0.2, -0.15) is 22.8 Å². The van der Waals surface area contributed by atoms with Crippen molar-refractivity contribution in [1.29, 1.82) is 0 Å². The maximum absolute atomic E-state index is 4.90. The van der Waals surface area contributed by atoms with Crippen LogP contribution in [0.25, 0.3) is 0 Å². The summed E-state index contributed by atoms with van der Waals surface area (Å²) in [4.78, 5) is 9.57. The molecule has 5 heterocycles. The molecule has 5 heteroatoms. The van der Waals surface area contributed by atoms with Gasteiger partial charge in [0.15, 0.2) is 0 Å². The Bertz CT molecular complexity index is 664. The van der Waals surface area contributed by atoms with Crippen molar-refractivity contribution in [3.05, 3.63) is 71.3 Å². The Morgan fingerprint density at radius 3 is 1.12 bits per heavy atom. The fourth-order valence-corrected chi connectivity index (χ4v) is 3.90. The van der Waals surface area contributed by atoms with Gasteiger partial charge in [-0.15, -0.1) is 0 Å². The van der Waals surface area contributed by atoms with Crippen LogP contribution < -0.4 is 20.6 Å². The van der Waals surface area contributed by atoms with Crippen molar-refractivity contribution in [2.45, 2.75) is 49.9 Å². The zero-order valence-electron chi connectivity index (χ0n) is 14.3. The number of fused-ring (bicyclic) bond motifs is 8. The molecule has 0 saturated heterocycles. The molecular formula is C20H20MgN4. The van der Waals surface area contributed by atoms with Crippen LogP contribution in [0.4, 0.5) is 0 Å². The molecule has 8 bridgehead atoms. The minimum Gasteiger partial charge on any atom is -0.665 e. The molecule has 5 rings (SSSR count). The third-order valence-corrected chi connectivity index (χ3v) is 5.06. The van der Waals surface area contributed by atoms with Crippen LogP contribution in [-0.2, 0) is 25.7 Å². The van der Waals surface area contributed by atoms with Crippen LogP contribution >= 0.6 is 0 Å². The first-order valence-corrected chi connectivity index (χ1v) is 8.80. The van der Waals surface area contributed by atoms with E-state index < -0.39 is 0 Å². The van der Waals surface area contributed by atoms with Crippen LogP contribution in [0.15, 0.2) is 48.6 Å². The first kappa shape index (κ1) is 17.2. The largest absolute Gasteiger partial charge is 2.00 e. The molecule has 2 aromatic heterocycles. The minimum absolute atomic E-state index is 0. The number of rotatable bonds is 0. The molecule has 3 aliphatic rings. The fraction of sp³-hybridized carbons (Fsp3) is 0.400. The summed E-state index contributed by atoms with van der Waals surface area (Å²) in [7, 11) is 0. The Morgan fingerprint density at radius 1 is 0.560 bits per heavy atom. The Labute approximate surface area is 164 Å². The predicted molar refractivity (Wildman–Crippen MR) is 97.8 cm³/mol. The summed E-state index contributed by atoms with van der Waals surface area (Å²) < 4.78 is 0. The van der Waals surface area contributed by atoms with Gasteiger partial charge in [0.2, 0.25) is 0 Å². The van der Waals surface area contributed by atoms with Gasteiger partial charge < -0.3 is 9.97 Å². The van der Waals surface area contributed by atoms with Gasteiger partial charge in [-0.25, -0.2) is 10.6 Å². The van der Waals surface area contributed by atoms with Crippen molar-refractivity contribution >= 4 is 23.1 Å². The van der Waals surface area contributed by atoms with Gasteiger partial charge in [0.25, 0.3) is 0 Å². The first-order chi connectivity index (χ1) is 11.8. The molecular weight excluding hydrogens is 321 g/mol. The van der Waals surface area contributed by atoms with Gasteiger partial charge in [-0.05, 0) is 25.7 Å². The standard InChI is InChI=1S/C20H20N4.Mg/c1-2-14-10-16-5-6-18(23-16)12-20-8-7-19(24-20)11-17-4-3-15(22-17)9-13(1)21-14;/h1-8,13-14,19-20H,9-12H2;/q-2;+2. The minimum atomic E-state index is 0. The zero-order chi connectivity index (χ0) is 15.9. The summed E-state index contributed by atoms with van der Waals surface area (Å²) in [6.07, 6.45) is 12.5. The summed E-state index contributed by atoms with van der Waals surface area (Å²) >= 11 is 0. The van der Waals surface area contributed by atoms with E-state index in [1.807, 2.05) is 0 Å². The number of hydrogen-bond donors (Lipinski definition) is 0. The van der Waals surface area contributed by atoms with Crippen molar-refractivity contribution in [3.63, 3.8) is 0 Å². The molecule has 122 valence electrons. The smallest absolute Gasteiger partial charge is 0.665 e. The monoisotopic (exact) mass is 340 g/mol. The van der Waals surface area contributed by atoms with E-state index in [1.165, 1.54) is 0 Å². The topological polar surface area (TPSA) is 56.4 Å². The second kappa shape index (κ2) is 7.15. The zero-order valence-corrected chi connectivity index (χ0v) is 15.7. The van der Waals surface area contributed by atoms with Crippen molar-refractivity contribution < 1.29 is 0 Å². The van der Waals surface area contributed by atoms with E-state index in [9.17, 15) is 0 Å². The molecule has 0 saturated carbocycles. The summed E-state index contributed by atoms with van der Waals surface area (Å²) in [5.41, 5.74) is 4.57. The van der Waals surface area contributed by atoms with Crippen LogP contribution in [0.2, 0.25) is 0 Å². The van der Waals surface area contributed by atoms with Crippen molar-refractivity contribution in [3.8, 4) is 0 Å². The molecule has 0 spiro atoms. The van der Waals surface area contributed by atoms with E-state index in [2.05, 4.69) is 48.6 Å². The normalized spacial score (nSPS) is 30.4. The number of nitrogens with zero attached hydrogens (tertiary/aromatic N) is 4. The molecule has 0 aromatic carbocycles. The Balaban J connectivity index is 0.00000157. The van der Waals surface area contributed by atoms with Crippen LogP contribution in [-0.4, -0.2) is 47.2 Å². The molecule has 2 radical (unpaired) electrons. The van der Waals surface area contributed by atoms with Crippen molar-refractivity contribution in [2.24, 2.45) is 0 Å². The maximum atomic E-state index is 4.90. The van der Waals surface area contributed by atoms with Gasteiger partial charge in [0.05, 0.1) is 0 Å². The fourth-order valence-electron chi connectivity index (χ4n) is 3.90. The quantitative estimate of drug-likeness (QED) is 0.529.